The molecule has 1 aliphatic heterocycles. The highest BCUT2D eigenvalue weighted by molar-refractivity contribution is 5.75. The summed E-state index contributed by atoms with van der Waals surface area (Å²) in [6.07, 6.45) is 2.60. The van der Waals surface area contributed by atoms with Gasteiger partial charge < -0.3 is 19.7 Å². The third kappa shape index (κ3) is 4.05. The molecule has 0 bridgehead atoms. The van der Waals surface area contributed by atoms with Gasteiger partial charge in [-0.1, -0.05) is 23.3 Å². The topological polar surface area (TPSA) is 112 Å². The Morgan fingerprint density at radius 3 is 2.50 bits per heavy atom. The van der Waals surface area contributed by atoms with Gasteiger partial charge in [-0.2, -0.15) is 0 Å². The Morgan fingerprint density at radius 1 is 1.12 bits per heavy atom. The van der Waals surface area contributed by atoms with Crippen LogP contribution in [0.15, 0.2) is 59.0 Å². The van der Waals surface area contributed by atoms with Gasteiger partial charge in [0, 0.05) is 46.3 Å². The van der Waals surface area contributed by atoms with Gasteiger partial charge in [0.15, 0.2) is 0 Å². The Hall–Kier alpha value is -3.75. The molecular weight excluding hydrogens is 410 g/mol. The van der Waals surface area contributed by atoms with Gasteiger partial charge in [-0.15, -0.1) is 5.10 Å². The first-order chi connectivity index (χ1) is 15.5. The van der Waals surface area contributed by atoms with Crippen molar-refractivity contribution >= 4 is 29.0 Å². The van der Waals surface area contributed by atoms with E-state index in [0.29, 0.717) is 5.69 Å². The molecule has 1 unspecified atom stereocenters. The van der Waals surface area contributed by atoms with Crippen LogP contribution in [0.3, 0.4) is 0 Å². The third-order valence-electron chi connectivity index (χ3n) is 6.52. The van der Waals surface area contributed by atoms with Crippen LogP contribution in [0.4, 0.5) is 23.1 Å². The molecule has 2 aromatic carbocycles. The number of aromatic nitrogens is 2. The quantitative estimate of drug-likeness (QED) is 0.534. The molecule has 0 amide bonds. The van der Waals surface area contributed by atoms with Crippen molar-refractivity contribution in [2.24, 2.45) is 11.3 Å². The number of hydrogen-bond donors (Lipinski definition) is 2. The summed E-state index contributed by atoms with van der Waals surface area (Å²) in [7, 11) is 0. The predicted molar refractivity (Wildman–Crippen MR) is 117 cm³/mol. The Balaban J connectivity index is 1.16. The Kier molecular flexibility index (Phi) is 5.08. The molecule has 3 aromatic rings. The number of nitroso groups, excluding NO2 is 1. The molecule has 2 aliphatic rings. The maximum absolute atomic E-state index is 12.6. The summed E-state index contributed by atoms with van der Waals surface area (Å²) < 4.78 is 6.34. The number of benzene rings is 2. The minimum absolute atomic E-state index is 0.00634. The van der Waals surface area contributed by atoms with Crippen LogP contribution in [-0.2, 0) is 11.3 Å². The Labute approximate surface area is 184 Å². The molecule has 164 valence electrons. The fraction of sp³-hybridized carbons (Fsp3) is 0.348. The zero-order chi connectivity index (χ0) is 22.1. The van der Waals surface area contributed by atoms with Gasteiger partial charge in [0.25, 0.3) is 18.1 Å². The molecule has 1 spiro atoms. The molecular formula is C23H24N5O4+. The van der Waals surface area contributed by atoms with Gasteiger partial charge in [0.1, 0.15) is 0 Å². The van der Waals surface area contributed by atoms with E-state index in [9.17, 15) is 14.8 Å². The van der Waals surface area contributed by atoms with Crippen LogP contribution < -0.4 is 10.2 Å². The number of carboxylic acids is 1. The molecule has 1 atom stereocenters. The van der Waals surface area contributed by atoms with Gasteiger partial charge in [-0.05, 0) is 48.9 Å². The zero-order valence-corrected chi connectivity index (χ0v) is 17.5. The minimum atomic E-state index is -0.664. The highest BCUT2D eigenvalue weighted by atomic mass is 16.4. The predicted octanol–water partition coefficient (Wildman–Crippen LogP) is 4.11. The van der Waals surface area contributed by atoms with E-state index in [2.05, 4.69) is 20.4 Å². The summed E-state index contributed by atoms with van der Waals surface area (Å²) in [4.78, 5) is 26.0. The second kappa shape index (κ2) is 8.07. The van der Waals surface area contributed by atoms with Crippen molar-refractivity contribution in [3.8, 4) is 0 Å². The SMILES string of the molecule is O=C(O)C1CC12CCN(c1ccc([N+](=O)Cc3nnc(Nc4ccccc4)o3)cc1)CC2. The number of carbonyl (C=O) groups is 1. The molecule has 0 radical (unpaired) electrons. The van der Waals surface area contributed by atoms with Crippen molar-refractivity contribution in [1.82, 2.24) is 10.2 Å². The largest absolute Gasteiger partial charge is 0.481 e. The third-order valence-corrected chi connectivity index (χ3v) is 6.52. The van der Waals surface area contributed by atoms with Crippen LogP contribution in [0.2, 0.25) is 0 Å². The maximum atomic E-state index is 12.6. The molecule has 1 saturated carbocycles. The van der Waals surface area contributed by atoms with E-state index < -0.39 is 5.97 Å². The molecule has 1 aliphatic carbocycles. The lowest BCUT2D eigenvalue weighted by Gasteiger charge is -2.34. The van der Waals surface area contributed by atoms with E-state index in [1.165, 1.54) is 0 Å². The first-order valence-corrected chi connectivity index (χ1v) is 10.7. The first kappa shape index (κ1) is 20.2. The van der Waals surface area contributed by atoms with Crippen LogP contribution in [0.5, 0.6) is 0 Å². The van der Waals surface area contributed by atoms with Crippen LogP contribution in [0, 0.1) is 16.2 Å². The number of carboxylic acid groups (broad SMARTS) is 1. The lowest BCUT2D eigenvalue weighted by Crippen LogP contribution is -2.35. The van der Waals surface area contributed by atoms with Crippen molar-refractivity contribution in [1.29, 1.82) is 0 Å². The van der Waals surface area contributed by atoms with Crippen molar-refractivity contribution < 1.29 is 19.1 Å². The number of nitrogens with one attached hydrogen (secondary N) is 1. The lowest BCUT2D eigenvalue weighted by molar-refractivity contribution is -0.483. The van der Waals surface area contributed by atoms with Crippen LogP contribution >= 0.6 is 0 Å². The molecule has 32 heavy (non-hydrogen) atoms. The number of hydrogen-bond acceptors (Lipinski definition) is 7. The fourth-order valence-electron chi connectivity index (χ4n) is 4.52. The van der Waals surface area contributed by atoms with E-state index in [4.69, 9.17) is 4.42 Å². The zero-order valence-electron chi connectivity index (χ0n) is 17.5. The summed E-state index contributed by atoms with van der Waals surface area (Å²) in [5.41, 5.74) is 2.37. The van der Waals surface area contributed by atoms with Crippen molar-refractivity contribution in [3.63, 3.8) is 0 Å². The smallest absolute Gasteiger partial charge is 0.320 e. The monoisotopic (exact) mass is 434 g/mol. The van der Waals surface area contributed by atoms with Crippen LogP contribution in [0.1, 0.15) is 25.2 Å². The Bertz CT molecular complexity index is 1120. The highest BCUT2D eigenvalue weighted by Gasteiger charge is 2.58. The van der Waals surface area contributed by atoms with E-state index in [0.717, 1.165) is 48.5 Å². The van der Waals surface area contributed by atoms with Crippen molar-refractivity contribution in [2.45, 2.75) is 25.8 Å². The first-order valence-electron chi connectivity index (χ1n) is 10.7. The van der Waals surface area contributed by atoms with E-state index in [1.807, 2.05) is 42.5 Å². The molecule has 1 saturated heterocycles. The van der Waals surface area contributed by atoms with E-state index >= 15 is 0 Å². The number of para-hydroxylation sites is 1. The molecule has 5 rings (SSSR count). The summed E-state index contributed by atoms with van der Waals surface area (Å²) in [6, 6.07) is 17.1. The highest BCUT2D eigenvalue weighted by Crippen LogP contribution is 2.59. The molecule has 1 aromatic heterocycles. The van der Waals surface area contributed by atoms with Crippen LogP contribution in [0.25, 0.3) is 0 Å². The van der Waals surface area contributed by atoms with Gasteiger partial charge in [-0.3, -0.25) is 4.79 Å². The number of anilines is 3. The van der Waals surface area contributed by atoms with Gasteiger partial charge in [-0.25, -0.2) is 0 Å². The van der Waals surface area contributed by atoms with Crippen LogP contribution in [-0.4, -0.2) is 39.1 Å². The molecule has 9 nitrogen and oxygen atoms in total. The normalized spacial score (nSPS) is 19.0. The van der Waals surface area contributed by atoms with Gasteiger partial charge in [0.2, 0.25) is 0 Å². The molecule has 2 N–H and O–H groups in total. The average Bonchev–Trinajstić information content (AvgIpc) is 3.34. The summed E-state index contributed by atoms with van der Waals surface area (Å²) in [5.74, 6) is -0.613. The number of aliphatic carboxylic acids is 1. The number of rotatable bonds is 7. The summed E-state index contributed by atoms with van der Waals surface area (Å²) in [5, 5.41) is 20.1. The Morgan fingerprint density at radius 2 is 1.84 bits per heavy atom. The fourth-order valence-corrected chi connectivity index (χ4v) is 4.52. The van der Waals surface area contributed by atoms with Gasteiger partial charge in [0.05, 0.1) is 5.92 Å². The maximum Gasteiger partial charge on any atom is 0.320 e. The van der Waals surface area contributed by atoms with Crippen molar-refractivity contribution in [2.75, 3.05) is 23.3 Å². The average molecular weight is 434 g/mol. The summed E-state index contributed by atoms with van der Waals surface area (Å²) >= 11 is 0. The van der Waals surface area contributed by atoms with Gasteiger partial charge >= 0.3 is 12.0 Å². The lowest BCUT2D eigenvalue weighted by atomic mass is 9.90. The van der Waals surface area contributed by atoms with Crippen molar-refractivity contribution in [3.05, 3.63) is 65.4 Å². The van der Waals surface area contributed by atoms with E-state index in [1.54, 1.807) is 12.1 Å². The molecule has 9 heteroatoms. The molecule has 2 fully saturated rings. The summed E-state index contributed by atoms with van der Waals surface area (Å²) in [6.45, 7) is 1.62. The second-order valence-electron chi connectivity index (χ2n) is 8.49. The minimum Gasteiger partial charge on any atom is -0.481 e. The standard InChI is InChI=1S/C23H23N5O4/c29-21(30)19-14-23(19)10-12-27(13-11-23)17-6-8-18(9-7-17)28(31)15-20-25-26-22(32-20)24-16-4-2-1-3-5-16/h1-9,19H,10-15H2,(H-,24,26,29,30)/p+1. The number of piperidine rings is 1. The number of nitrogens with zero attached hydrogens (tertiary/aromatic N) is 4. The second-order valence-corrected chi connectivity index (χ2v) is 8.49. The molecule has 2 heterocycles. The van der Waals surface area contributed by atoms with E-state index in [-0.39, 0.29) is 29.8 Å².